The van der Waals surface area contributed by atoms with Crippen LogP contribution in [-0.2, 0) is 0 Å². The van der Waals surface area contributed by atoms with Gasteiger partial charge in [0.05, 0.1) is 11.7 Å². The maximum absolute atomic E-state index is 4.63. The number of nitrogens with zero attached hydrogens (tertiary/aromatic N) is 1. The number of hydrogen-bond acceptors (Lipinski definition) is 2. The summed E-state index contributed by atoms with van der Waals surface area (Å²) in [6.45, 7) is 5.30. The Balaban J connectivity index is 2.12. The quantitative estimate of drug-likeness (QED) is 0.879. The largest absolute Gasteiger partial charge is 0.347 e. The Kier molecular flexibility index (Phi) is 4.55. The Bertz CT molecular complexity index is 490. The van der Waals surface area contributed by atoms with E-state index in [1.54, 1.807) is 0 Å². The van der Waals surface area contributed by atoms with Gasteiger partial charge in [0, 0.05) is 16.2 Å². The summed E-state index contributed by atoms with van der Waals surface area (Å²) < 4.78 is 1.08. The molecule has 3 nitrogen and oxygen atoms in total. The van der Waals surface area contributed by atoms with Crippen molar-refractivity contribution >= 4 is 15.9 Å². The van der Waals surface area contributed by atoms with Crippen LogP contribution in [0.2, 0.25) is 0 Å². The van der Waals surface area contributed by atoms with Crippen molar-refractivity contribution in [1.82, 2.24) is 15.3 Å². The van der Waals surface area contributed by atoms with Crippen molar-refractivity contribution in [2.45, 2.75) is 26.3 Å². The van der Waals surface area contributed by atoms with Gasteiger partial charge in [0.2, 0.25) is 0 Å². The fraction of sp³-hybridized carbons (Fsp3) is 0.357. The van der Waals surface area contributed by atoms with E-state index in [1.165, 1.54) is 0 Å². The number of H-pyrrole nitrogens is 1. The minimum atomic E-state index is 0.258. The zero-order chi connectivity index (χ0) is 13.0. The summed E-state index contributed by atoms with van der Waals surface area (Å²) in [5, 5.41) is 3.42. The molecule has 4 heteroatoms. The molecule has 1 aromatic heterocycles. The third-order valence-corrected chi connectivity index (χ3v) is 3.38. The Labute approximate surface area is 116 Å². The molecule has 2 rings (SSSR count). The SMILES string of the molecule is CCCNC(C)c1nc(-c2ccc(Br)cc2)c[nH]1. The van der Waals surface area contributed by atoms with E-state index in [1.807, 2.05) is 18.3 Å². The molecule has 1 atom stereocenters. The molecule has 0 bridgehead atoms. The average molecular weight is 308 g/mol. The minimum absolute atomic E-state index is 0.258. The fourth-order valence-corrected chi connectivity index (χ4v) is 2.05. The first-order valence-corrected chi connectivity index (χ1v) is 7.04. The summed E-state index contributed by atoms with van der Waals surface area (Å²) >= 11 is 3.44. The van der Waals surface area contributed by atoms with Gasteiger partial charge < -0.3 is 10.3 Å². The van der Waals surface area contributed by atoms with Crippen molar-refractivity contribution in [3.05, 3.63) is 40.8 Å². The van der Waals surface area contributed by atoms with Gasteiger partial charge in [0.25, 0.3) is 0 Å². The molecule has 0 fully saturated rings. The molecular formula is C14H18BrN3. The molecular weight excluding hydrogens is 290 g/mol. The van der Waals surface area contributed by atoms with Crippen molar-refractivity contribution in [2.75, 3.05) is 6.54 Å². The zero-order valence-electron chi connectivity index (χ0n) is 10.7. The molecule has 1 aromatic carbocycles. The van der Waals surface area contributed by atoms with Crippen LogP contribution >= 0.6 is 15.9 Å². The molecule has 0 saturated carbocycles. The topological polar surface area (TPSA) is 40.7 Å². The van der Waals surface area contributed by atoms with Gasteiger partial charge in [0.15, 0.2) is 0 Å². The summed E-state index contributed by atoms with van der Waals surface area (Å²) in [5.74, 6) is 0.987. The molecule has 18 heavy (non-hydrogen) atoms. The van der Waals surface area contributed by atoms with Crippen molar-refractivity contribution in [3.63, 3.8) is 0 Å². The fourth-order valence-electron chi connectivity index (χ4n) is 1.78. The van der Waals surface area contributed by atoms with Gasteiger partial charge in [-0.05, 0) is 32.0 Å². The lowest BCUT2D eigenvalue weighted by Crippen LogP contribution is -2.20. The Morgan fingerprint density at radius 3 is 2.72 bits per heavy atom. The Morgan fingerprint density at radius 1 is 1.33 bits per heavy atom. The van der Waals surface area contributed by atoms with Gasteiger partial charge in [-0.3, -0.25) is 0 Å². The summed E-state index contributed by atoms with van der Waals surface area (Å²) in [7, 11) is 0. The van der Waals surface area contributed by atoms with Crippen LogP contribution in [0.5, 0.6) is 0 Å². The molecule has 0 spiro atoms. The van der Waals surface area contributed by atoms with E-state index in [0.717, 1.165) is 34.5 Å². The van der Waals surface area contributed by atoms with Gasteiger partial charge in [-0.15, -0.1) is 0 Å². The Hall–Kier alpha value is -1.13. The summed E-state index contributed by atoms with van der Waals surface area (Å²) in [6.07, 6.45) is 3.09. The maximum atomic E-state index is 4.63. The van der Waals surface area contributed by atoms with Crippen molar-refractivity contribution in [1.29, 1.82) is 0 Å². The summed E-state index contributed by atoms with van der Waals surface area (Å²) in [4.78, 5) is 7.87. The zero-order valence-corrected chi connectivity index (χ0v) is 12.3. The van der Waals surface area contributed by atoms with E-state index in [-0.39, 0.29) is 6.04 Å². The molecule has 0 aliphatic heterocycles. The van der Waals surface area contributed by atoms with Crippen LogP contribution in [0.3, 0.4) is 0 Å². The second kappa shape index (κ2) is 6.16. The highest BCUT2D eigenvalue weighted by Crippen LogP contribution is 2.21. The number of imidazole rings is 1. The van der Waals surface area contributed by atoms with Gasteiger partial charge in [-0.2, -0.15) is 0 Å². The average Bonchev–Trinajstić information content (AvgIpc) is 2.86. The first-order chi connectivity index (χ1) is 8.70. The van der Waals surface area contributed by atoms with E-state index >= 15 is 0 Å². The van der Waals surface area contributed by atoms with E-state index in [0.29, 0.717) is 0 Å². The monoisotopic (exact) mass is 307 g/mol. The highest BCUT2D eigenvalue weighted by atomic mass is 79.9. The number of aromatic amines is 1. The van der Waals surface area contributed by atoms with E-state index in [9.17, 15) is 0 Å². The third kappa shape index (κ3) is 3.21. The number of aromatic nitrogens is 2. The molecule has 96 valence electrons. The second-order valence-electron chi connectivity index (χ2n) is 4.35. The maximum Gasteiger partial charge on any atom is 0.123 e. The number of halogens is 1. The first-order valence-electron chi connectivity index (χ1n) is 6.25. The van der Waals surface area contributed by atoms with Crippen LogP contribution in [0, 0.1) is 0 Å². The van der Waals surface area contributed by atoms with Crippen molar-refractivity contribution in [2.24, 2.45) is 0 Å². The molecule has 2 N–H and O–H groups in total. The van der Waals surface area contributed by atoms with Gasteiger partial charge >= 0.3 is 0 Å². The molecule has 0 radical (unpaired) electrons. The number of hydrogen-bond donors (Lipinski definition) is 2. The molecule has 0 aliphatic carbocycles. The number of rotatable bonds is 5. The van der Waals surface area contributed by atoms with E-state index in [2.05, 4.69) is 57.2 Å². The third-order valence-electron chi connectivity index (χ3n) is 2.85. The van der Waals surface area contributed by atoms with Crippen LogP contribution in [0.15, 0.2) is 34.9 Å². The lowest BCUT2D eigenvalue weighted by atomic mass is 10.2. The highest BCUT2D eigenvalue weighted by Gasteiger charge is 2.09. The standard InChI is InChI=1S/C14H18BrN3/c1-3-8-16-10(2)14-17-9-13(18-14)11-4-6-12(15)7-5-11/h4-7,9-10,16H,3,8H2,1-2H3,(H,17,18). The molecule has 0 amide bonds. The lowest BCUT2D eigenvalue weighted by molar-refractivity contribution is 0.549. The molecule has 0 saturated heterocycles. The van der Waals surface area contributed by atoms with Gasteiger partial charge in [0.1, 0.15) is 5.82 Å². The second-order valence-corrected chi connectivity index (χ2v) is 5.27. The Morgan fingerprint density at radius 2 is 2.06 bits per heavy atom. The van der Waals surface area contributed by atoms with Crippen molar-refractivity contribution < 1.29 is 0 Å². The van der Waals surface area contributed by atoms with Crippen LogP contribution in [0.1, 0.15) is 32.1 Å². The van der Waals surface area contributed by atoms with E-state index in [4.69, 9.17) is 0 Å². The van der Waals surface area contributed by atoms with Crippen LogP contribution in [-0.4, -0.2) is 16.5 Å². The predicted octanol–water partition coefficient (Wildman–Crippen LogP) is 3.90. The molecule has 1 unspecified atom stereocenters. The summed E-state index contributed by atoms with van der Waals surface area (Å²) in [5.41, 5.74) is 2.12. The number of benzene rings is 1. The van der Waals surface area contributed by atoms with Crippen LogP contribution in [0.25, 0.3) is 11.3 Å². The van der Waals surface area contributed by atoms with Gasteiger partial charge in [-0.1, -0.05) is 35.0 Å². The van der Waals surface area contributed by atoms with Crippen molar-refractivity contribution in [3.8, 4) is 11.3 Å². The normalized spacial score (nSPS) is 12.6. The molecule has 1 heterocycles. The van der Waals surface area contributed by atoms with Gasteiger partial charge in [-0.25, -0.2) is 4.98 Å². The molecule has 0 aliphatic rings. The number of nitrogens with one attached hydrogen (secondary N) is 2. The minimum Gasteiger partial charge on any atom is -0.347 e. The van der Waals surface area contributed by atoms with Crippen LogP contribution < -0.4 is 5.32 Å². The smallest absolute Gasteiger partial charge is 0.123 e. The lowest BCUT2D eigenvalue weighted by Gasteiger charge is -2.09. The first kappa shape index (κ1) is 13.3. The predicted molar refractivity (Wildman–Crippen MR) is 78.4 cm³/mol. The van der Waals surface area contributed by atoms with Crippen LogP contribution in [0.4, 0.5) is 0 Å². The molecule has 2 aromatic rings. The van der Waals surface area contributed by atoms with E-state index < -0.39 is 0 Å². The summed E-state index contributed by atoms with van der Waals surface area (Å²) in [6, 6.07) is 8.45. The highest BCUT2D eigenvalue weighted by molar-refractivity contribution is 9.10.